The van der Waals surface area contributed by atoms with E-state index >= 15 is 0 Å². The lowest BCUT2D eigenvalue weighted by atomic mass is 10.1. The molecule has 0 amide bonds. The fourth-order valence-corrected chi connectivity index (χ4v) is 1.44. The van der Waals surface area contributed by atoms with E-state index in [-0.39, 0.29) is 6.10 Å². The zero-order valence-corrected chi connectivity index (χ0v) is 8.11. The Morgan fingerprint density at radius 1 is 1.36 bits per heavy atom. The highest BCUT2D eigenvalue weighted by Crippen LogP contribution is 2.21. The summed E-state index contributed by atoms with van der Waals surface area (Å²) in [5, 5.41) is 0. The van der Waals surface area contributed by atoms with Gasteiger partial charge >= 0.3 is 0 Å². The van der Waals surface area contributed by atoms with Gasteiger partial charge in [0.2, 0.25) is 0 Å². The molecule has 2 N–H and O–H groups in total. The monoisotopic (exact) mass is 193 g/mol. The van der Waals surface area contributed by atoms with Crippen molar-refractivity contribution in [2.24, 2.45) is 5.73 Å². The van der Waals surface area contributed by atoms with Gasteiger partial charge in [0, 0.05) is 0 Å². The van der Waals surface area contributed by atoms with E-state index in [1.807, 2.05) is 18.2 Å². The van der Waals surface area contributed by atoms with Crippen molar-refractivity contribution < 1.29 is 9.47 Å². The molecular weight excluding hydrogens is 178 g/mol. The zero-order valence-electron chi connectivity index (χ0n) is 8.11. The Labute approximate surface area is 83.8 Å². The van der Waals surface area contributed by atoms with Gasteiger partial charge < -0.3 is 15.2 Å². The third kappa shape index (κ3) is 2.05. The Bertz CT molecular complexity index is 297. The Balaban J connectivity index is 2.05. The first kappa shape index (κ1) is 9.49. The molecule has 76 valence electrons. The van der Waals surface area contributed by atoms with Crippen molar-refractivity contribution in [3.63, 3.8) is 0 Å². The molecule has 0 unspecified atom stereocenters. The summed E-state index contributed by atoms with van der Waals surface area (Å²) in [6.07, 6.45) is 1.10. The Kier molecular flexibility index (Phi) is 3.01. The van der Waals surface area contributed by atoms with Crippen LogP contribution in [0, 0.1) is 0 Å². The van der Waals surface area contributed by atoms with Crippen LogP contribution in [-0.4, -0.2) is 25.9 Å². The van der Waals surface area contributed by atoms with E-state index in [1.165, 1.54) is 5.56 Å². The van der Waals surface area contributed by atoms with E-state index < -0.39 is 0 Å². The summed E-state index contributed by atoms with van der Waals surface area (Å²) in [6, 6.07) is 8.04. The fraction of sp³-hybridized carbons (Fsp3) is 0.455. The van der Waals surface area contributed by atoms with Crippen molar-refractivity contribution >= 4 is 0 Å². The van der Waals surface area contributed by atoms with Crippen LogP contribution in [0.5, 0.6) is 5.75 Å². The summed E-state index contributed by atoms with van der Waals surface area (Å²) >= 11 is 0. The Morgan fingerprint density at radius 2 is 2.14 bits per heavy atom. The van der Waals surface area contributed by atoms with Crippen LogP contribution in [0.25, 0.3) is 0 Å². The summed E-state index contributed by atoms with van der Waals surface area (Å²) in [5.41, 5.74) is 6.71. The smallest absolute Gasteiger partial charge is 0.145 e. The van der Waals surface area contributed by atoms with Crippen LogP contribution in [0.2, 0.25) is 0 Å². The first-order valence-electron chi connectivity index (χ1n) is 4.92. The molecule has 1 fully saturated rings. The fourth-order valence-electron chi connectivity index (χ4n) is 1.44. The number of rotatable bonds is 4. The number of para-hydroxylation sites is 1. The van der Waals surface area contributed by atoms with E-state index in [1.54, 1.807) is 0 Å². The molecule has 0 aromatic heterocycles. The first-order valence-corrected chi connectivity index (χ1v) is 4.92. The molecule has 0 spiro atoms. The summed E-state index contributed by atoms with van der Waals surface area (Å²) in [5.74, 6) is 0.950. The maximum absolute atomic E-state index is 5.75. The van der Waals surface area contributed by atoms with Gasteiger partial charge in [0.1, 0.15) is 11.9 Å². The van der Waals surface area contributed by atoms with E-state index in [2.05, 4.69) is 6.07 Å². The van der Waals surface area contributed by atoms with E-state index in [4.69, 9.17) is 15.2 Å². The molecule has 3 nitrogen and oxygen atoms in total. The highest BCUT2D eigenvalue weighted by atomic mass is 16.6. The van der Waals surface area contributed by atoms with Gasteiger partial charge in [-0.05, 0) is 24.6 Å². The summed E-state index contributed by atoms with van der Waals surface area (Å²) in [6.45, 7) is 2.06. The van der Waals surface area contributed by atoms with Crippen LogP contribution in [0.15, 0.2) is 24.3 Å². The molecule has 3 heteroatoms. The SMILES string of the molecule is NCCc1ccccc1OC1COC1. The number of hydrogen-bond acceptors (Lipinski definition) is 3. The van der Waals surface area contributed by atoms with Gasteiger partial charge in [0.05, 0.1) is 13.2 Å². The molecule has 0 aliphatic carbocycles. The van der Waals surface area contributed by atoms with E-state index in [0.717, 1.165) is 12.2 Å². The highest BCUT2D eigenvalue weighted by molar-refractivity contribution is 5.33. The molecule has 0 saturated carbocycles. The second-order valence-electron chi connectivity index (χ2n) is 3.42. The van der Waals surface area contributed by atoms with Gasteiger partial charge in [0.15, 0.2) is 0 Å². The van der Waals surface area contributed by atoms with Crippen LogP contribution >= 0.6 is 0 Å². The van der Waals surface area contributed by atoms with Crippen LogP contribution < -0.4 is 10.5 Å². The molecule has 1 aliphatic rings. The van der Waals surface area contributed by atoms with Crippen molar-refractivity contribution in [3.8, 4) is 5.75 Å². The van der Waals surface area contributed by atoms with Gasteiger partial charge in [-0.3, -0.25) is 0 Å². The van der Waals surface area contributed by atoms with Crippen LogP contribution in [0.4, 0.5) is 0 Å². The first-order chi connectivity index (χ1) is 6.90. The quantitative estimate of drug-likeness (QED) is 0.774. The van der Waals surface area contributed by atoms with Crippen molar-refractivity contribution in [3.05, 3.63) is 29.8 Å². The Morgan fingerprint density at radius 3 is 2.79 bits per heavy atom. The summed E-state index contributed by atoms with van der Waals surface area (Å²) < 4.78 is 10.8. The van der Waals surface area contributed by atoms with Gasteiger partial charge in [-0.2, -0.15) is 0 Å². The number of hydrogen-bond donors (Lipinski definition) is 1. The lowest BCUT2D eigenvalue weighted by molar-refractivity contribution is -0.0799. The number of nitrogens with two attached hydrogens (primary N) is 1. The number of ether oxygens (including phenoxy) is 2. The van der Waals surface area contributed by atoms with E-state index in [9.17, 15) is 0 Å². The predicted molar refractivity (Wildman–Crippen MR) is 54.4 cm³/mol. The van der Waals surface area contributed by atoms with Crippen LogP contribution in [0.3, 0.4) is 0 Å². The molecule has 1 aliphatic heterocycles. The zero-order chi connectivity index (χ0) is 9.80. The normalized spacial score (nSPS) is 16.4. The van der Waals surface area contributed by atoms with Crippen LogP contribution in [0.1, 0.15) is 5.56 Å². The maximum atomic E-state index is 5.75. The number of benzene rings is 1. The van der Waals surface area contributed by atoms with Crippen molar-refractivity contribution in [1.29, 1.82) is 0 Å². The third-order valence-electron chi connectivity index (χ3n) is 2.29. The largest absolute Gasteiger partial charge is 0.485 e. The molecule has 1 heterocycles. The van der Waals surface area contributed by atoms with Gasteiger partial charge in [-0.15, -0.1) is 0 Å². The van der Waals surface area contributed by atoms with Crippen LogP contribution in [-0.2, 0) is 11.2 Å². The Hall–Kier alpha value is -1.06. The van der Waals surface area contributed by atoms with Gasteiger partial charge in [-0.25, -0.2) is 0 Å². The molecule has 1 aromatic rings. The molecule has 0 atom stereocenters. The average Bonchev–Trinajstić information content (AvgIpc) is 2.14. The summed E-state index contributed by atoms with van der Waals surface area (Å²) in [7, 11) is 0. The molecule has 14 heavy (non-hydrogen) atoms. The maximum Gasteiger partial charge on any atom is 0.145 e. The topological polar surface area (TPSA) is 44.5 Å². The van der Waals surface area contributed by atoms with E-state index in [0.29, 0.717) is 19.8 Å². The standard InChI is InChI=1S/C11H15NO2/c12-6-5-9-3-1-2-4-11(9)14-10-7-13-8-10/h1-4,10H,5-8,12H2. The third-order valence-corrected chi connectivity index (χ3v) is 2.29. The molecular formula is C11H15NO2. The second-order valence-corrected chi connectivity index (χ2v) is 3.42. The lowest BCUT2D eigenvalue weighted by Crippen LogP contribution is -2.38. The van der Waals surface area contributed by atoms with Gasteiger partial charge in [-0.1, -0.05) is 18.2 Å². The summed E-state index contributed by atoms with van der Waals surface area (Å²) in [4.78, 5) is 0. The van der Waals surface area contributed by atoms with Crippen molar-refractivity contribution in [1.82, 2.24) is 0 Å². The molecule has 1 aromatic carbocycles. The average molecular weight is 193 g/mol. The molecule has 1 saturated heterocycles. The molecule has 2 rings (SSSR count). The van der Waals surface area contributed by atoms with Gasteiger partial charge in [0.25, 0.3) is 0 Å². The lowest BCUT2D eigenvalue weighted by Gasteiger charge is -2.27. The second kappa shape index (κ2) is 4.44. The highest BCUT2D eigenvalue weighted by Gasteiger charge is 2.20. The molecule has 0 bridgehead atoms. The minimum atomic E-state index is 0.230. The van der Waals surface area contributed by atoms with Crippen molar-refractivity contribution in [2.75, 3.05) is 19.8 Å². The minimum absolute atomic E-state index is 0.230. The molecule has 0 radical (unpaired) electrons. The predicted octanol–water partition coefficient (Wildman–Crippen LogP) is 0.965. The minimum Gasteiger partial charge on any atom is -0.485 e. The van der Waals surface area contributed by atoms with Crippen molar-refractivity contribution in [2.45, 2.75) is 12.5 Å².